The summed E-state index contributed by atoms with van der Waals surface area (Å²) >= 11 is 0. The number of nitrogens with one attached hydrogen (secondary N) is 2. The van der Waals surface area contributed by atoms with Gasteiger partial charge in [-0.3, -0.25) is 10.1 Å². The van der Waals surface area contributed by atoms with Crippen LogP contribution in [-0.2, 0) is 35.2 Å². The number of rotatable bonds is 10. The zero-order valence-electron chi connectivity index (χ0n) is 26.6. The van der Waals surface area contributed by atoms with Gasteiger partial charge in [-0.15, -0.1) is 0 Å². The monoisotopic (exact) mass is 579 g/mol. The highest BCUT2D eigenvalue weighted by atomic mass is 16.6. The largest absolute Gasteiger partial charge is 0.455 e. The summed E-state index contributed by atoms with van der Waals surface area (Å²) in [6.07, 6.45) is 2.50. The first-order chi connectivity index (χ1) is 19.6. The summed E-state index contributed by atoms with van der Waals surface area (Å²) in [4.78, 5) is 44.7. The van der Waals surface area contributed by atoms with Gasteiger partial charge in [-0.2, -0.15) is 0 Å². The first kappa shape index (κ1) is 32.6. The van der Waals surface area contributed by atoms with Gasteiger partial charge in [0.05, 0.1) is 10.8 Å². The van der Waals surface area contributed by atoms with Crippen LogP contribution in [0.2, 0.25) is 0 Å². The summed E-state index contributed by atoms with van der Waals surface area (Å²) in [5.74, 6) is -1.35. The van der Waals surface area contributed by atoms with E-state index in [-0.39, 0.29) is 5.69 Å². The molecule has 0 unspecified atom stereocenters. The van der Waals surface area contributed by atoms with E-state index in [1.165, 1.54) is 12.1 Å². The van der Waals surface area contributed by atoms with Gasteiger partial charge in [-0.1, -0.05) is 39.8 Å². The maximum Gasteiger partial charge on any atom is 0.355 e. The zero-order chi connectivity index (χ0) is 31.6. The van der Waals surface area contributed by atoms with Crippen molar-refractivity contribution in [1.29, 1.82) is 0 Å². The molecule has 3 aromatic rings. The number of hydrogen-bond donors (Lipinski definition) is 2. The summed E-state index contributed by atoms with van der Waals surface area (Å²) in [5, 5.41) is 11.5. The molecule has 0 aliphatic carbocycles. The Morgan fingerprint density at radius 3 is 1.36 bits per heavy atom. The molecule has 3 rings (SSSR count). The number of non-ortho nitro benzene ring substituents is 1. The Labute approximate surface area is 248 Å². The van der Waals surface area contributed by atoms with Crippen LogP contribution in [-0.4, -0.2) is 38.0 Å². The highest BCUT2D eigenvalue weighted by molar-refractivity contribution is 5.91. The summed E-state index contributed by atoms with van der Waals surface area (Å²) in [6, 6.07) is 6.44. The number of nitro benzene ring substituents is 1. The fourth-order valence-electron chi connectivity index (χ4n) is 5.55. The van der Waals surface area contributed by atoms with E-state index in [0.717, 1.165) is 39.2 Å². The Kier molecular flexibility index (Phi) is 9.75. The van der Waals surface area contributed by atoms with Crippen molar-refractivity contribution in [3.63, 3.8) is 0 Å². The molecular weight excluding hydrogens is 534 g/mol. The molecule has 0 aliphatic heterocycles. The lowest BCUT2D eigenvalue weighted by Crippen LogP contribution is -2.24. The van der Waals surface area contributed by atoms with Gasteiger partial charge in [-0.25, -0.2) is 9.59 Å². The lowest BCUT2D eigenvalue weighted by Gasteiger charge is -2.20. The Balaban J connectivity index is 2.38. The third-order valence-electron chi connectivity index (χ3n) is 7.14. The summed E-state index contributed by atoms with van der Waals surface area (Å²) < 4.78 is 11.5. The third kappa shape index (κ3) is 6.94. The average molecular weight is 580 g/mol. The SMILES string of the molecule is CCc1c(C(=O)OC(C)(C)C)[nH]c(C(c2ccc([N+](=O)[O-])cc2)c2[nH]c(C(=O)OC(C)(C)C)c(CC)c2CC)c1CC. The lowest BCUT2D eigenvalue weighted by molar-refractivity contribution is -0.384. The summed E-state index contributed by atoms with van der Waals surface area (Å²) in [6.45, 7) is 19.1. The number of carbonyl (C=O) groups excluding carboxylic acids is 2. The van der Waals surface area contributed by atoms with Crippen molar-refractivity contribution in [1.82, 2.24) is 9.97 Å². The van der Waals surface area contributed by atoms with Crippen molar-refractivity contribution in [2.45, 2.75) is 112 Å². The highest BCUT2D eigenvalue weighted by Crippen LogP contribution is 2.40. The second-order valence-electron chi connectivity index (χ2n) is 12.4. The number of nitro groups is 1. The number of hydrogen-bond acceptors (Lipinski definition) is 6. The molecule has 2 heterocycles. The molecule has 0 aliphatic rings. The Morgan fingerprint density at radius 2 is 1.07 bits per heavy atom. The minimum absolute atomic E-state index is 0.0192. The predicted octanol–water partition coefficient (Wildman–Crippen LogP) is 7.59. The van der Waals surface area contributed by atoms with Gasteiger partial charge < -0.3 is 19.4 Å². The second kappa shape index (κ2) is 12.5. The van der Waals surface area contributed by atoms with Crippen molar-refractivity contribution < 1.29 is 24.0 Å². The van der Waals surface area contributed by atoms with Crippen LogP contribution in [0.4, 0.5) is 5.69 Å². The molecule has 0 saturated carbocycles. The number of benzene rings is 1. The van der Waals surface area contributed by atoms with Crippen LogP contribution >= 0.6 is 0 Å². The molecule has 9 heteroatoms. The van der Waals surface area contributed by atoms with E-state index in [1.54, 1.807) is 12.1 Å². The molecule has 9 nitrogen and oxygen atoms in total. The first-order valence-electron chi connectivity index (χ1n) is 14.7. The van der Waals surface area contributed by atoms with Crippen LogP contribution in [0.25, 0.3) is 0 Å². The van der Waals surface area contributed by atoms with Gasteiger partial charge in [0.1, 0.15) is 22.6 Å². The number of aromatic amines is 2. The molecule has 228 valence electrons. The van der Waals surface area contributed by atoms with E-state index in [9.17, 15) is 19.7 Å². The van der Waals surface area contributed by atoms with Crippen molar-refractivity contribution in [2.75, 3.05) is 0 Å². The molecule has 0 bridgehead atoms. The smallest absolute Gasteiger partial charge is 0.355 e. The van der Waals surface area contributed by atoms with Crippen LogP contribution in [0.15, 0.2) is 24.3 Å². The van der Waals surface area contributed by atoms with Gasteiger partial charge in [0.15, 0.2) is 0 Å². The molecule has 0 fully saturated rings. The standard InChI is InChI=1S/C33H45N3O6/c1-11-21-23(13-3)28(30(37)41-32(5,6)7)34-26(21)25(19-15-17-20(18-16-19)36(39)40)27-22(12-2)24(14-4)29(35-27)31(38)42-33(8,9)10/h15-18,25,34-35H,11-14H2,1-10H3. The van der Waals surface area contributed by atoms with Crippen molar-refractivity contribution >= 4 is 17.6 Å². The average Bonchev–Trinajstić information content (AvgIpc) is 3.45. The third-order valence-corrected chi connectivity index (χ3v) is 7.14. The number of H-pyrrole nitrogens is 2. The number of ether oxygens (including phenoxy) is 2. The molecular formula is C33H45N3O6. The zero-order valence-corrected chi connectivity index (χ0v) is 26.6. The maximum atomic E-state index is 13.4. The van der Waals surface area contributed by atoms with Gasteiger partial charge in [0, 0.05) is 23.5 Å². The number of aromatic nitrogens is 2. The molecule has 0 radical (unpaired) electrons. The van der Waals surface area contributed by atoms with Gasteiger partial charge >= 0.3 is 11.9 Å². The van der Waals surface area contributed by atoms with Gasteiger partial charge in [0.25, 0.3) is 5.69 Å². The van der Waals surface area contributed by atoms with Crippen LogP contribution < -0.4 is 0 Å². The lowest BCUT2D eigenvalue weighted by atomic mass is 9.85. The highest BCUT2D eigenvalue weighted by Gasteiger charge is 2.34. The van der Waals surface area contributed by atoms with E-state index >= 15 is 0 Å². The maximum absolute atomic E-state index is 13.4. The van der Waals surface area contributed by atoms with Crippen molar-refractivity contribution in [3.05, 3.63) is 85.0 Å². The van der Waals surface area contributed by atoms with Crippen molar-refractivity contribution in [3.8, 4) is 0 Å². The second-order valence-corrected chi connectivity index (χ2v) is 12.4. The molecule has 0 saturated heterocycles. The summed E-state index contributed by atoms with van der Waals surface area (Å²) in [5.41, 5.74) is 5.51. The van der Waals surface area contributed by atoms with Gasteiger partial charge in [0.2, 0.25) is 0 Å². The topological polar surface area (TPSA) is 127 Å². The molecule has 42 heavy (non-hydrogen) atoms. The fourth-order valence-corrected chi connectivity index (χ4v) is 5.55. The van der Waals surface area contributed by atoms with E-state index in [4.69, 9.17) is 9.47 Å². The predicted molar refractivity (Wildman–Crippen MR) is 163 cm³/mol. The van der Waals surface area contributed by atoms with Crippen LogP contribution in [0.3, 0.4) is 0 Å². The Hall–Kier alpha value is -3.88. The van der Waals surface area contributed by atoms with Gasteiger partial charge in [-0.05, 0) is 95.0 Å². The number of carbonyl (C=O) groups is 2. The van der Waals surface area contributed by atoms with Crippen LogP contribution in [0.1, 0.15) is 135 Å². The fraction of sp³-hybridized carbons (Fsp3) is 0.515. The van der Waals surface area contributed by atoms with E-state index < -0.39 is 34.0 Å². The van der Waals surface area contributed by atoms with E-state index in [0.29, 0.717) is 37.1 Å². The molecule has 0 spiro atoms. The quantitative estimate of drug-likeness (QED) is 0.145. The molecule has 0 amide bonds. The molecule has 2 aromatic heterocycles. The number of nitrogens with zero attached hydrogens (tertiary/aromatic N) is 1. The minimum Gasteiger partial charge on any atom is -0.455 e. The molecule has 0 atom stereocenters. The number of esters is 2. The Bertz CT molecular complexity index is 1370. The van der Waals surface area contributed by atoms with E-state index in [2.05, 4.69) is 9.97 Å². The summed E-state index contributed by atoms with van der Waals surface area (Å²) in [7, 11) is 0. The van der Waals surface area contributed by atoms with E-state index in [1.807, 2.05) is 69.2 Å². The Morgan fingerprint density at radius 1 is 0.714 bits per heavy atom. The van der Waals surface area contributed by atoms with Crippen LogP contribution in [0.5, 0.6) is 0 Å². The minimum atomic E-state index is -0.676. The first-order valence-corrected chi connectivity index (χ1v) is 14.7. The van der Waals surface area contributed by atoms with Crippen LogP contribution in [0, 0.1) is 10.1 Å². The molecule has 1 aromatic carbocycles. The normalized spacial score (nSPS) is 12.1. The van der Waals surface area contributed by atoms with Crippen molar-refractivity contribution in [2.24, 2.45) is 0 Å². The molecule has 2 N–H and O–H groups in total.